The first-order valence-electron chi connectivity index (χ1n) is 5.18. The summed E-state index contributed by atoms with van der Waals surface area (Å²) in [6.07, 6.45) is -2.06. The topological polar surface area (TPSA) is 91.1 Å². The number of aliphatic hydroxyl groups is 1. The standard InChI is InChI=1S/C9H15NO6/c1-9(2)15-7-3-6(14-8(7)16-9)5(11)4-10(12)13/h5-8,11H,3-4H2,1-2H3/t5?,6-,7+,8+/m0/s1. The molecule has 4 atom stereocenters. The van der Waals surface area contributed by atoms with E-state index in [1.165, 1.54) is 0 Å². The van der Waals surface area contributed by atoms with Gasteiger partial charge >= 0.3 is 0 Å². The Morgan fingerprint density at radius 3 is 2.81 bits per heavy atom. The van der Waals surface area contributed by atoms with E-state index >= 15 is 0 Å². The van der Waals surface area contributed by atoms with Crippen LogP contribution in [0.3, 0.4) is 0 Å². The minimum atomic E-state index is -1.11. The summed E-state index contributed by atoms with van der Waals surface area (Å²) in [5, 5.41) is 19.8. The summed E-state index contributed by atoms with van der Waals surface area (Å²) in [6, 6.07) is 0. The maximum atomic E-state index is 10.2. The van der Waals surface area contributed by atoms with Crippen LogP contribution in [0.5, 0.6) is 0 Å². The Morgan fingerprint density at radius 2 is 2.25 bits per heavy atom. The predicted octanol–water partition coefficient (Wildman–Crippen LogP) is -0.109. The smallest absolute Gasteiger partial charge is 0.231 e. The van der Waals surface area contributed by atoms with Crippen molar-refractivity contribution in [1.82, 2.24) is 0 Å². The van der Waals surface area contributed by atoms with Gasteiger partial charge in [0.05, 0.1) is 6.10 Å². The van der Waals surface area contributed by atoms with E-state index in [-0.39, 0.29) is 6.10 Å². The zero-order valence-corrected chi connectivity index (χ0v) is 9.16. The highest BCUT2D eigenvalue weighted by Gasteiger charge is 2.50. The predicted molar refractivity (Wildman–Crippen MR) is 51.2 cm³/mol. The van der Waals surface area contributed by atoms with Crippen LogP contribution in [0.4, 0.5) is 0 Å². The van der Waals surface area contributed by atoms with Crippen LogP contribution in [0, 0.1) is 10.1 Å². The first kappa shape index (κ1) is 11.7. The summed E-state index contributed by atoms with van der Waals surface area (Å²) in [4.78, 5) is 9.68. The second-order valence-electron chi connectivity index (χ2n) is 4.54. The van der Waals surface area contributed by atoms with E-state index in [0.29, 0.717) is 6.42 Å². The fraction of sp³-hybridized carbons (Fsp3) is 1.00. The number of hydrogen-bond donors (Lipinski definition) is 1. The van der Waals surface area contributed by atoms with Gasteiger partial charge in [-0.15, -0.1) is 0 Å². The average molecular weight is 233 g/mol. The van der Waals surface area contributed by atoms with Crippen LogP contribution in [0.2, 0.25) is 0 Å². The van der Waals surface area contributed by atoms with E-state index in [2.05, 4.69) is 0 Å². The molecule has 7 heteroatoms. The molecule has 2 rings (SSSR count). The molecular formula is C9H15NO6. The van der Waals surface area contributed by atoms with Crippen molar-refractivity contribution in [3.05, 3.63) is 10.1 Å². The monoisotopic (exact) mass is 233 g/mol. The fourth-order valence-electron chi connectivity index (χ4n) is 2.05. The van der Waals surface area contributed by atoms with Gasteiger partial charge in [0.15, 0.2) is 12.1 Å². The highest BCUT2D eigenvalue weighted by molar-refractivity contribution is 4.88. The molecular weight excluding hydrogens is 218 g/mol. The Labute approximate surface area is 92.4 Å². The first-order chi connectivity index (χ1) is 7.37. The quantitative estimate of drug-likeness (QED) is 0.540. The van der Waals surface area contributed by atoms with E-state index < -0.39 is 35.8 Å². The van der Waals surface area contributed by atoms with Crippen LogP contribution in [-0.4, -0.2) is 47.0 Å². The van der Waals surface area contributed by atoms with Crippen molar-refractivity contribution in [2.75, 3.05) is 6.54 Å². The molecule has 1 N–H and O–H groups in total. The largest absolute Gasteiger partial charge is 0.384 e. The number of nitro groups is 1. The fourth-order valence-corrected chi connectivity index (χ4v) is 2.05. The summed E-state index contributed by atoms with van der Waals surface area (Å²) in [5.74, 6) is -0.686. The van der Waals surface area contributed by atoms with Gasteiger partial charge < -0.3 is 19.3 Å². The van der Waals surface area contributed by atoms with Gasteiger partial charge in [-0.3, -0.25) is 10.1 Å². The molecule has 2 heterocycles. The Morgan fingerprint density at radius 1 is 1.56 bits per heavy atom. The maximum Gasteiger partial charge on any atom is 0.231 e. The van der Waals surface area contributed by atoms with Crippen LogP contribution in [0.25, 0.3) is 0 Å². The third kappa shape index (κ3) is 2.32. The third-order valence-electron chi connectivity index (χ3n) is 2.68. The Balaban J connectivity index is 1.89. The Kier molecular flexibility index (Phi) is 2.87. The van der Waals surface area contributed by atoms with Crippen molar-refractivity contribution in [3.8, 4) is 0 Å². The zero-order valence-electron chi connectivity index (χ0n) is 9.16. The average Bonchev–Trinajstić information content (AvgIpc) is 2.55. The molecule has 2 aliphatic rings. The third-order valence-corrected chi connectivity index (χ3v) is 2.68. The summed E-state index contributed by atoms with van der Waals surface area (Å²) in [7, 11) is 0. The summed E-state index contributed by atoms with van der Waals surface area (Å²) < 4.78 is 16.3. The zero-order chi connectivity index (χ0) is 11.9. The number of rotatable bonds is 3. The highest BCUT2D eigenvalue weighted by atomic mass is 16.8. The minimum Gasteiger partial charge on any atom is -0.384 e. The molecule has 0 spiro atoms. The molecule has 0 bridgehead atoms. The molecule has 0 radical (unpaired) electrons. The Hall–Kier alpha value is -0.760. The van der Waals surface area contributed by atoms with E-state index in [9.17, 15) is 15.2 Å². The van der Waals surface area contributed by atoms with Gasteiger partial charge in [-0.1, -0.05) is 0 Å². The van der Waals surface area contributed by atoms with Crippen LogP contribution in [-0.2, 0) is 14.2 Å². The van der Waals surface area contributed by atoms with E-state index in [0.717, 1.165) is 0 Å². The van der Waals surface area contributed by atoms with Crippen molar-refractivity contribution in [3.63, 3.8) is 0 Å². The number of fused-ring (bicyclic) bond motifs is 1. The molecule has 16 heavy (non-hydrogen) atoms. The van der Waals surface area contributed by atoms with Gasteiger partial charge in [-0.2, -0.15) is 0 Å². The molecule has 0 saturated carbocycles. The van der Waals surface area contributed by atoms with Crippen LogP contribution < -0.4 is 0 Å². The molecule has 92 valence electrons. The van der Waals surface area contributed by atoms with E-state index in [1.807, 2.05) is 0 Å². The minimum absolute atomic E-state index is 0.249. The summed E-state index contributed by atoms with van der Waals surface area (Å²) in [5.41, 5.74) is 0. The normalized spacial score (nSPS) is 38.3. The number of hydrogen-bond acceptors (Lipinski definition) is 6. The van der Waals surface area contributed by atoms with Gasteiger partial charge in [0.1, 0.15) is 12.2 Å². The molecule has 0 amide bonds. The van der Waals surface area contributed by atoms with Crippen LogP contribution in [0.15, 0.2) is 0 Å². The van der Waals surface area contributed by atoms with Gasteiger partial charge in [0.25, 0.3) is 0 Å². The first-order valence-corrected chi connectivity index (χ1v) is 5.18. The molecule has 7 nitrogen and oxygen atoms in total. The molecule has 2 saturated heterocycles. The maximum absolute atomic E-state index is 10.2. The van der Waals surface area contributed by atoms with Crippen molar-refractivity contribution >= 4 is 0 Å². The van der Waals surface area contributed by atoms with Crippen molar-refractivity contribution < 1.29 is 24.2 Å². The molecule has 2 aliphatic heterocycles. The lowest BCUT2D eigenvalue weighted by atomic mass is 10.1. The lowest BCUT2D eigenvalue weighted by Gasteiger charge is -2.21. The van der Waals surface area contributed by atoms with E-state index in [1.54, 1.807) is 13.8 Å². The second-order valence-corrected chi connectivity index (χ2v) is 4.54. The summed E-state index contributed by atoms with van der Waals surface area (Å²) >= 11 is 0. The SMILES string of the molecule is CC1(C)O[C@H]2O[C@H](C(O)C[N+](=O)[O-])C[C@H]2O1. The van der Waals surface area contributed by atoms with Gasteiger partial charge in [-0.25, -0.2) is 0 Å². The van der Waals surface area contributed by atoms with Gasteiger partial charge in [0, 0.05) is 11.3 Å². The molecule has 0 aromatic heterocycles. The van der Waals surface area contributed by atoms with Crippen LogP contribution >= 0.6 is 0 Å². The number of nitrogens with zero attached hydrogens (tertiary/aromatic N) is 1. The van der Waals surface area contributed by atoms with Crippen LogP contribution in [0.1, 0.15) is 20.3 Å². The number of ether oxygens (including phenoxy) is 3. The lowest BCUT2D eigenvalue weighted by Crippen LogP contribution is -2.35. The molecule has 0 aromatic rings. The second kappa shape index (κ2) is 3.92. The molecule has 1 unspecified atom stereocenters. The van der Waals surface area contributed by atoms with Crippen molar-refractivity contribution in [2.45, 2.75) is 50.7 Å². The van der Waals surface area contributed by atoms with Crippen molar-refractivity contribution in [1.29, 1.82) is 0 Å². The van der Waals surface area contributed by atoms with Gasteiger partial charge in [0.2, 0.25) is 6.54 Å². The highest BCUT2D eigenvalue weighted by Crippen LogP contribution is 2.37. The lowest BCUT2D eigenvalue weighted by molar-refractivity contribution is -0.493. The summed E-state index contributed by atoms with van der Waals surface area (Å²) in [6.45, 7) is 3.03. The van der Waals surface area contributed by atoms with Gasteiger partial charge in [-0.05, 0) is 13.8 Å². The molecule has 2 fully saturated rings. The van der Waals surface area contributed by atoms with E-state index in [4.69, 9.17) is 14.2 Å². The van der Waals surface area contributed by atoms with Crippen molar-refractivity contribution in [2.24, 2.45) is 0 Å². The number of aliphatic hydroxyl groups excluding tert-OH is 1. The molecule has 0 aliphatic carbocycles. The Bertz CT molecular complexity index is 278. The molecule has 0 aromatic carbocycles.